The summed E-state index contributed by atoms with van der Waals surface area (Å²) in [5, 5.41) is 3.79. The molecule has 0 atom stereocenters. The predicted octanol–water partition coefficient (Wildman–Crippen LogP) is 2.64. The van der Waals surface area contributed by atoms with Gasteiger partial charge in [0.1, 0.15) is 0 Å². The highest BCUT2D eigenvalue weighted by Crippen LogP contribution is 2.12. The summed E-state index contributed by atoms with van der Waals surface area (Å²) in [7, 11) is 0. The Labute approximate surface area is 70.8 Å². The van der Waals surface area contributed by atoms with Crippen LogP contribution in [0.5, 0.6) is 0 Å². The van der Waals surface area contributed by atoms with Crippen LogP contribution in [0.15, 0.2) is 24.3 Å². The van der Waals surface area contributed by atoms with Crippen LogP contribution in [-0.2, 0) is 0 Å². The lowest BCUT2D eigenvalue weighted by molar-refractivity contribution is 1.47. The molecule has 0 aromatic heterocycles. The first-order chi connectivity index (χ1) is 4.83. The van der Waals surface area contributed by atoms with Crippen LogP contribution in [0.3, 0.4) is 0 Å². The standard InChI is InChI=1S/C7H8ClNS/c8-6-1-3-7(4-2-6)9-5-10/h1-4,9-10H,5H2. The van der Waals surface area contributed by atoms with E-state index in [-0.39, 0.29) is 0 Å². The number of nitrogens with one attached hydrogen (secondary N) is 1. The Hall–Kier alpha value is -0.340. The highest BCUT2D eigenvalue weighted by atomic mass is 35.5. The highest BCUT2D eigenvalue weighted by molar-refractivity contribution is 7.80. The fourth-order valence-electron chi connectivity index (χ4n) is 0.659. The van der Waals surface area contributed by atoms with E-state index in [0.29, 0.717) is 5.88 Å². The lowest BCUT2D eigenvalue weighted by atomic mass is 10.3. The molecule has 3 heteroatoms. The molecule has 1 aromatic rings. The van der Waals surface area contributed by atoms with Crippen molar-refractivity contribution in [3.63, 3.8) is 0 Å². The molecule has 0 aliphatic carbocycles. The minimum atomic E-state index is 0.641. The molecule has 0 unspecified atom stereocenters. The zero-order valence-corrected chi connectivity index (χ0v) is 6.99. The first-order valence-electron chi connectivity index (χ1n) is 2.93. The molecule has 0 amide bonds. The topological polar surface area (TPSA) is 12.0 Å². The van der Waals surface area contributed by atoms with Crippen molar-refractivity contribution >= 4 is 29.9 Å². The number of anilines is 1. The van der Waals surface area contributed by atoms with E-state index in [4.69, 9.17) is 11.6 Å². The molecule has 0 aliphatic heterocycles. The van der Waals surface area contributed by atoms with Crippen LogP contribution in [0.4, 0.5) is 5.69 Å². The second kappa shape index (κ2) is 3.74. The number of halogens is 1. The molecule has 10 heavy (non-hydrogen) atoms. The summed E-state index contributed by atoms with van der Waals surface area (Å²) in [6.45, 7) is 0. The van der Waals surface area contributed by atoms with Gasteiger partial charge < -0.3 is 5.32 Å². The van der Waals surface area contributed by atoms with Gasteiger partial charge in [-0.1, -0.05) is 11.6 Å². The molecule has 0 fully saturated rings. The average molecular weight is 174 g/mol. The average Bonchev–Trinajstić information content (AvgIpc) is 1.95. The van der Waals surface area contributed by atoms with Crippen molar-refractivity contribution in [2.45, 2.75) is 0 Å². The van der Waals surface area contributed by atoms with Gasteiger partial charge >= 0.3 is 0 Å². The zero-order valence-electron chi connectivity index (χ0n) is 5.34. The molecule has 0 bridgehead atoms. The predicted molar refractivity (Wildman–Crippen MR) is 48.9 cm³/mol. The second-order valence-corrected chi connectivity index (χ2v) is 2.59. The SMILES string of the molecule is SCNc1ccc(Cl)cc1. The van der Waals surface area contributed by atoms with E-state index >= 15 is 0 Å². The summed E-state index contributed by atoms with van der Waals surface area (Å²) in [5.74, 6) is 0.641. The maximum absolute atomic E-state index is 5.66. The van der Waals surface area contributed by atoms with E-state index in [1.165, 1.54) is 0 Å². The van der Waals surface area contributed by atoms with Gasteiger partial charge in [-0.05, 0) is 24.3 Å². The van der Waals surface area contributed by atoms with Gasteiger partial charge in [0.2, 0.25) is 0 Å². The molecule has 0 saturated heterocycles. The van der Waals surface area contributed by atoms with Crippen LogP contribution < -0.4 is 5.32 Å². The van der Waals surface area contributed by atoms with E-state index in [1.54, 1.807) is 0 Å². The zero-order chi connectivity index (χ0) is 7.40. The third kappa shape index (κ3) is 2.12. The molecule has 54 valence electrons. The Morgan fingerprint density at radius 2 is 1.90 bits per heavy atom. The Balaban J connectivity index is 2.69. The fraction of sp³-hybridized carbons (Fsp3) is 0.143. The molecule has 1 nitrogen and oxygen atoms in total. The molecule has 0 spiro atoms. The molecular formula is C7H8ClNS. The Morgan fingerprint density at radius 3 is 2.40 bits per heavy atom. The smallest absolute Gasteiger partial charge is 0.0581 e. The lowest BCUT2D eigenvalue weighted by Gasteiger charge is -2.00. The maximum Gasteiger partial charge on any atom is 0.0581 e. The van der Waals surface area contributed by atoms with Crippen molar-refractivity contribution in [3.8, 4) is 0 Å². The summed E-state index contributed by atoms with van der Waals surface area (Å²) in [6.07, 6.45) is 0. The minimum Gasteiger partial charge on any atom is -0.376 e. The second-order valence-electron chi connectivity index (χ2n) is 1.84. The summed E-state index contributed by atoms with van der Waals surface area (Å²) >= 11 is 9.68. The number of thiol groups is 1. The van der Waals surface area contributed by atoms with Gasteiger partial charge in [0.05, 0.1) is 5.88 Å². The molecule has 0 heterocycles. The van der Waals surface area contributed by atoms with Gasteiger partial charge in [0.25, 0.3) is 0 Å². The summed E-state index contributed by atoms with van der Waals surface area (Å²) in [4.78, 5) is 0. The van der Waals surface area contributed by atoms with E-state index in [2.05, 4.69) is 17.9 Å². The van der Waals surface area contributed by atoms with Crippen molar-refractivity contribution in [1.82, 2.24) is 0 Å². The van der Waals surface area contributed by atoms with Crippen LogP contribution in [0.2, 0.25) is 5.02 Å². The maximum atomic E-state index is 5.66. The first kappa shape index (κ1) is 7.76. The lowest BCUT2D eigenvalue weighted by Crippen LogP contribution is -1.92. The number of rotatable bonds is 2. The molecule has 1 N–H and O–H groups in total. The van der Waals surface area contributed by atoms with Crippen molar-refractivity contribution in [3.05, 3.63) is 29.3 Å². The molecular weight excluding hydrogens is 166 g/mol. The van der Waals surface area contributed by atoms with Gasteiger partial charge in [0.15, 0.2) is 0 Å². The Bertz CT molecular complexity index is 197. The van der Waals surface area contributed by atoms with Crippen molar-refractivity contribution in [2.75, 3.05) is 11.2 Å². The van der Waals surface area contributed by atoms with Crippen LogP contribution >= 0.6 is 24.2 Å². The van der Waals surface area contributed by atoms with Crippen LogP contribution in [0.25, 0.3) is 0 Å². The Kier molecular flexibility index (Phi) is 2.90. The summed E-state index contributed by atoms with van der Waals surface area (Å²) in [5.41, 5.74) is 1.04. The largest absolute Gasteiger partial charge is 0.376 e. The van der Waals surface area contributed by atoms with Gasteiger partial charge in [0, 0.05) is 10.7 Å². The van der Waals surface area contributed by atoms with E-state index in [9.17, 15) is 0 Å². The van der Waals surface area contributed by atoms with Crippen molar-refractivity contribution in [1.29, 1.82) is 0 Å². The number of hydrogen-bond acceptors (Lipinski definition) is 2. The van der Waals surface area contributed by atoms with E-state index < -0.39 is 0 Å². The normalized spacial score (nSPS) is 9.40. The summed E-state index contributed by atoms with van der Waals surface area (Å²) < 4.78 is 0. The van der Waals surface area contributed by atoms with Crippen LogP contribution in [-0.4, -0.2) is 5.88 Å². The molecule has 0 aliphatic rings. The van der Waals surface area contributed by atoms with Gasteiger partial charge in [-0.3, -0.25) is 0 Å². The minimum absolute atomic E-state index is 0.641. The monoisotopic (exact) mass is 173 g/mol. The molecule has 0 radical (unpaired) electrons. The number of benzene rings is 1. The molecule has 1 aromatic carbocycles. The Morgan fingerprint density at radius 1 is 1.30 bits per heavy atom. The number of hydrogen-bond donors (Lipinski definition) is 2. The van der Waals surface area contributed by atoms with Crippen molar-refractivity contribution < 1.29 is 0 Å². The fourth-order valence-corrected chi connectivity index (χ4v) is 0.968. The summed E-state index contributed by atoms with van der Waals surface area (Å²) in [6, 6.07) is 7.51. The van der Waals surface area contributed by atoms with Gasteiger partial charge in [-0.2, -0.15) is 12.6 Å². The van der Waals surface area contributed by atoms with E-state index in [1.807, 2.05) is 24.3 Å². The molecule has 1 rings (SSSR count). The van der Waals surface area contributed by atoms with Crippen LogP contribution in [0.1, 0.15) is 0 Å². The third-order valence-electron chi connectivity index (χ3n) is 1.13. The van der Waals surface area contributed by atoms with Gasteiger partial charge in [-0.15, -0.1) is 0 Å². The first-order valence-corrected chi connectivity index (χ1v) is 3.94. The van der Waals surface area contributed by atoms with Crippen molar-refractivity contribution in [2.24, 2.45) is 0 Å². The van der Waals surface area contributed by atoms with Crippen LogP contribution in [0, 0.1) is 0 Å². The third-order valence-corrected chi connectivity index (χ3v) is 1.54. The quantitative estimate of drug-likeness (QED) is 0.518. The highest BCUT2D eigenvalue weighted by Gasteiger charge is 1.87. The molecule has 0 saturated carbocycles. The van der Waals surface area contributed by atoms with E-state index in [0.717, 1.165) is 10.7 Å². The van der Waals surface area contributed by atoms with Gasteiger partial charge in [-0.25, -0.2) is 0 Å².